The molecule has 7 unspecified atom stereocenters. The van der Waals surface area contributed by atoms with E-state index in [-0.39, 0.29) is 31.6 Å². The highest BCUT2D eigenvalue weighted by Gasteiger charge is 2.52. The lowest BCUT2D eigenvalue weighted by atomic mass is 9.78. The number of amidine groups is 1. The molecule has 2 aliphatic carbocycles. The molecule has 2 saturated carbocycles. The summed E-state index contributed by atoms with van der Waals surface area (Å²) in [5.41, 5.74) is 16.5. The van der Waals surface area contributed by atoms with Crippen molar-refractivity contribution < 1.29 is 44.5 Å². The van der Waals surface area contributed by atoms with Crippen LogP contribution in [-0.4, -0.2) is 143 Å². The standard InChI is InChI=1S/C26H50N6O9/c1-25(36)12-38-23(18(35)21(25)30-2)41-20-16(32-24(29)26(37)6-3-7-26)10-15(28)19(17(20)34)40-22-14(27)5-4-13(39-22)11-31-8-9-33/h13-23,30-31,33-37H,3-12,27-28H2,1-2H3,(H2,29,32)/t13-,14?,15-,16+,17?,18?,19?,20?,21+,22?,23+,25?/m0/s1. The molecule has 2 saturated heterocycles. The van der Waals surface area contributed by atoms with Gasteiger partial charge in [0.05, 0.1) is 37.4 Å². The van der Waals surface area contributed by atoms with Crippen LogP contribution >= 0.6 is 0 Å². The molecule has 0 amide bonds. The third-order valence-electron chi connectivity index (χ3n) is 8.83. The van der Waals surface area contributed by atoms with Crippen LogP contribution < -0.4 is 27.8 Å². The Morgan fingerprint density at radius 2 is 1.76 bits per heavy atom. The second kappa shape index (κ2) is 13.7. The molecule has 13 N–H and O–H groups in total. The monoisotopic (exact) mass is 590 g/mol. The van der Waals surface area contributed by atoms with Gasteiger partial charge in [-0.1, -0.05) is 0 Å². The Hall–Kier alpha value is -1.05. The highest BCUT2D eigenvalue weighted by molar-refractivity contribution is 5.89. The average molecular weight is 591 g/mol. The van der Waals surface area contributed by atoms with E-state index in [2.05, 4.69) is 15.6 Å². The molecule has 0 spiro atoms. The molecule has 238 valence electrons. The lowest BCUT2D eigenvalue weighted by Gasteiger charge is -2.48. The maximum absolute atomic E-state index is 11.6. The topological polar surface area (TPSA) is 253 Å². The number of rotatable bonds is 11. The highest BCUT2D eigenvalue weighted by atomic mass is 16.7. The molecule has 0 aromatic carbocycles. The minimum absolute atomic E-state index is 0.00819. The summed E-state index contributed by atoms with van der Waals surface area (Å²) in [6, 6.07) is -2.73. The fourth-order valence-corrected chi connectivity index (χ4v) is 6.13. The van der Waals surface area contributed by atoms with Gasteiger partial charge in [0, 0.05) is 19.1 Å². The smallest absolute Gasteiger partial charge is 0.185 e. The van der Waals surface area contributed by atoms with Crippen molar-refractivity contribution in [3.63, 3.8) is 0 Å². The van der Waals surface area contributed by atoms with Crippen LogP contribution in [0.1, 0.15) is 45.4 Å². The van der Waals surface area contributed by atoms with E-state index in [9.17, 15) is 20.4 Å². The first kappa shape index (κ1) is 32.9. The van der Waals surface area contributed by atoms with Crippen molar-refractivity contribution >= 4 is 5.84 Å². The zero-order valence-corrected chi connectivity index (χ0v) is 24.0. The van der Waals surface area contributed by atoms with Crippen molar-refractivity contribution in [1.29, 1.82) is 0 Å². The summed E-state index contributed by atoms with van der Waals surface area (Å²) in [6.07, 6.45) is -3.67. The second-order valence-corrected chi connectivity index (χ2v) is 12.1. The van der Waals surface area contributed by atoms with Gasteiger partial charge in [-0.25, -0.2) is 0 Å². The lowest BCUT2D eigenvalue weighted by molar-refractivity contribution is -0.306. The average Bonchev–Trinajstić information content (AvgIpc) is 2.90. The van der Waals surface area contributed by atoms with Crippen LogP contribution in [-0.2, 0) is 18.9 Å². The van der Waals surface area contributed by atoms with Crippen LogP contribution in [0.15, 0.2) is 4.99 Å². The van der Waals surface area contributed by atoms with Crippen molar-refractivity contribution in [2.24, 2.45) is 22.2 Å². The SMILES string of the molecule is CN[C@@H]1C(O)[C@@H](OC2C(O)C(OC3O[C@H](CNCCO)CCC3N)[C@@H](N)C[C@H]2N=C(N)C2(O)CCC2)OCC1(C)O. The van der Waals surface area contributed by atoms with Gasteiger partial charge in [0.2, 0.25) is 0 Å². The molecule has 4 fully saturated rings. The first-order valence-electron chi connectivity index (χ1n) is 14.6. The Labute approximate surface area is 240 Å². The van der Waals surface area contributed by atoms with Crippen molar-refractivity contribution in [3.05, 3.63) is 0 Å². The second-order valence-electron chi connectivity index (χ2n) is 12.1. The molecule has 0 bridgehead atoms. The summed E-state index contributed by atoms with van der Waals surface area (Å²) < 4.78 is 24.2. The summed E-state index contributed by atoms with van der Waals surface area (Å²) in [7, 11) is 1.61. The van der Waals surface area contributed by atoms with E-state index >= 15 is 0 Å². The predicted octanol–water partition coefficient (Wildman–Crippen LogP) is -4.04. The molecular formula is C26H50N6O9. The molecule has 0 aromatic rings. The van der Waals surface area contributed by atoms with Crippen LogP contribution in [0.2, 0.25) is 0 Å². The number of nitrogens with zero attached hydrogens (tertiary/aromatic N) is 1. The largest absolute Gasteiger partial charge is 0.395 e. The summed E-state index contributed by atoms with van der Waals surface area (Å²) >= 11 is 0. The van der Waals surface area contributed by atoms with Crippen molar-refractivity contribution in [3.8, 4) is 0 Å². The minimum atomic E-state index is -1.36. The molecule has 2 aliphatic heterocycles. The molecule has 4 aliphatic rings. The molecule has 0 radical (unpaired) electrons. The van der Waals surface area contributed by atoms with Gasteiger partial charge in [-0.05, 0) is 52.5 Å². The van der Waals surface area contributed by atoms with Crippen LogP contribution in [0.3, 0.4) is 0 Å². The maximum atomic E-state index is 11.6. The van der Waals surface area contributed by atoms with Gasteiger partial charge in [0.15, 0.2) is 12.6 Å². The Bertz CT molecular complexity index is 880. The summed E-state index contributed by atoms with van der Waals surface area (Å²) in [5.74, 6) is 0.0399. The van der Waals surface area contributed by atoms with Gasteiger partial charge < -0.3 is 72.3 Å². The molecule has 12 atom stereocenters. The normalized spacial score (nSPS) is 45.3. The number of ether oxygens (including phenoxy) is 4. The summed E-state index contributed by atoms with van der Waals surface area (Å²) in [4.78, 5) is 4.56. The molecule has 15 heteroatoms. The van der Waals surface area contributed by atoms with Gasteiger partial charge in [-0.2, -0.15) is 0 Å². The van der Waals surface area contributed by atoms with Crippen molar-refractivity contribution in [2.75, 3.05) is 33.4 Å². The van der Waals surface area contributed by atoms with Crippen LogP contribution in [0.5, 0.6) is 0 Å². The first-order chi connectivity index (χ1) is 19.4. The van der Waals surface area contributed by atoms with E-state index in [1.807, 2.05) is 0 Å². The minimum Gasteiger partial charge on any atom is -0.395 e. The van der Waals surface area contributed by atoms with Crippen molar-refractivity contribution in [1.82, 2.24) is 10.6 Å². The molecule has 15 nitrogen and oxygen atoms in total. The van der Waals surface area contributed by atoms with Crippen LogP contribution in [0.4, 0.5) is 0 Å². The fraction of sp³-hybridized carbons (Fsp3) is 0.962. The summed E-state index contributed by atoms with van der Waals surface area (Å²) in [6.45, 7) is 2.36. The third kappa shape index (κ3) is 7.37. The number of hydrogen-bond acceptors (Lipinski definition) is 14. The van der Waals surface area contributed by atoms with Crippen LogP contribution in [0.25, 0.3) is 0 Å². The van der Waals surface area contributed by atoms with E-state index in [0.29, 0.717) is 38.8 Å². The first-order valence-corrected chi connectivity index (χ1v) is 14.6. The number of likely N-dealkylation sites (N-methyl/N-ethyl adjacent to an activating group) is 1. The number of nitrogens with two attached hydrogens (primary N) is 3. The predicted molar refractivity (Wildman–Crippen MR) is 148 cm³/mol. The van der Waals surface area contributed by atoms with Gasteiger partial charge in [-0.15, -0.1) is 0 Å². The van der Waals surface area contributed by atoms with Gasteiger partial charge in [-0.3, -0.25) is 4.99 Å². The summed E-state index contributed by atoms with van der Waals surface area (Å²) in [5, 5.41) is 59.1. The molecule has 4 rings (SSSR count). The molecule has 2 heterocycles. The molecule has 41 heavy (non-hydrogen) atoms. The lowest BCUT2D eigenvalue weighted by Crippen LogP contribution is -2.68. The van der Waals surface area contributed by atoms with Gasteiger partial charge in [0.25, 0.3) is 0 Å². The van der Waals surface area contributed by atoms with E-state index in [1.54, 1.807) is 14.0 Å². The molecule has 0 aromatic heterocycles. The Morgan fingerprint density at radius 1 is 1.05 bits per heavy atom. The Kier molecular flexibility index (Phi) is 11.0. The van der Waals surface area contributed by atoms with Crippen molar-refractivity contribution in [2.45, 2.75) is 124 Å². The number of nitrogens with one attached hydrogen (secondary N) is 2. The number of hydrogen-bond donors (Lipinski definition) is 10. The quantitative estimate of drug-likeness (QED) is 0.0625. The van der Waals surface area contributed by atoms with Gasteiger partial charge >= 0.3 is 0 Å². The Balaban J connectivity index is 1.53. The number of aliphatic imine (C=N–C) groups is 1. The third-order valence-corrected chi connectivity index (χ3v) is 8.83. The maximum Gasteiger partial charge on any atom is 0.185 e. The van der Waals surface area contributed by atoms with E-state index in [4.69, 9.17) is 41.3 Å². The number of aliphatic hydroxyl groups excluding tert-OH is 3. The zero-order valence-electron chi connectivity index (χ0n) is 24.0. The molecular weight excluding hydrogens is 540 g/mol. The van der Waals surface area contributed by atoms with E-state index < -0.39 is 72.4 Å². The highest BCUT2D eigenvalue weighted by Crippen LogP contribution is 2.36. The number of aliphatic hydroxyl groups is 5. The Morgan fingerprint density at radius 3 is 2.39 bits per heavy atom. The van der Waals surface area contributed by atoms with E-state index in [1.165, 1.54) is 0 Å². The van der Waals surface area contributed by atoms with E-state index in [0.717, 1.165) is 6.42 Å². The van der Waals surface area contributed by atoms with Gasteiger partial charge in [0.1, 0.15) is 41.5 Å². The zero-order chi connectivity index (χ0) is 29.9. The fourth-order valence-electron chi connectivity index (χ4n) is 6.13. The van der Waals surface area contributed by atoms with Crippen LogP contribution in [0, 0.1) is 0 Å².